The first-order valence-corrected chi connectivity index (χ1v) is 10.6. The third-order valence-electron chi connectivity index (χ3n) is 6.51. The zero-order valence-corrected chi connectivity index (χ0v) is 17.1. The van der Waals surface area contributed by atoms with Crippen LogP contribution in [-0.4, -0.2) is 45.2 Å². The molecule has 0 unspecified atom stereocenters. The van der Waals surface area contributed by atoms with Crippen molar-refractivity contribution in [2.24, 2.45) is 0 Å². The number of carbonyl (C=O) groups excluding carboxylic acids is 1. The topological polar surface area (TPSA) is 59.7 Å². The average molecular weight is 408 g/mol. The van der Waals surface area contributed by atoms with Crippen molar-refractivity contribution in [1.82, 2.24) is 19.5 Å². The maximum absolute atomic E-state index is 14.9. The highest BCUT2D eigenvalue weighted by Crippen LogP contribution is 2.42. The van der Waals surface area contributed by atoms with Gasteiger partial charge >= 0.3 is 0 Å². The van der Waals surface area contributed by atoms with Gasteiger partial charge in [-0.05, 0) is 44.7 Å². The molecule has 2 fully saturated rings. The van der Waals surface area contributed by atoms with E-state index in [1.807, 2.05) is 34.5 Å². The minimum Gasteiger partial charge on any atom is -0.381 e. The molecule has 0 bridgehead atoms. The van der Waals surface area contributed by atoms with Crippen LogP contribution in [0.5, 0.6) is 0 Å². The molecule has 2 saturated heterocycles. The van der Waals surface area contributed by atoms with Gasteiger partial charge in [-0.3, -0.25) is 4.79 Å². The number of aryl methyl sites for hydroxylation is 1. The van der Waals surface area contributed by atoms with Crippen molar-refractivity contribution in [3.63, 3.8) is 0 Å². The minimum atomic E-state index is -0.891. The molecule has 2 aliphatic heterocycles. The number of ether oxygens (including phenoxy) is 1. The lowest BCUT2D eigenvalue weighted by atomic mass is 9.72. The van der Waals surface area contributed by atoms with E-state index < -0.39 is 5.41 Å². The molecule has 0 N–H and O–H groups in total. The number of carbonyl (C=O) groups is 1. The Bertz CT molecular complexity index is 1090. The van der Waals surface area contributed by atoms with Gasteiger partial charge in [0, 0.05) is 37.6 Å². The molecule has 0 spiro atoms. The zero-order valence-electron chi connectivity index (χ0n) is 17.1. The normalized spacial score (nSPS) is 21.3. The molecule has 2 aliphatic rings. The van der Waals surface area contributed by atoms with Crippen LogP contribution in [0.4, 0.5) is 4.39 Å². The summed E-state index contributed by atoms with van der Waals surface area (Å²) in [5.41, 5.74) is 2.21. The van der Waals surface area contributed by atoms with Gasteiger partial charge in [-0.15, -0.1) is 0 Å². The van der Waals surface area contributed by atoms with E-state index in [1.165, 1.54) is 6.07 Å². The summed E-state index contributed by atoms with van der Waals surface area (Å²) in [4.78, 5) is 20.4. The second-order valence-corrected chi connectivity index (χ2v) is 8.26. The highest BCUT2D eigenvalue weighted by atomic mass is 19.1. The molecule has 30 heavy (non-hydrogen) atoms. The molecule has 2 aromatic heterocycles. The van der Waals surface area contributed by atoms with Gasteiger partial charge in [0.2, 0.25) is 5.91 Å². The van der Waals surface area contributed by atoms with Crippen molar-refractivity contribution >= 4 is 11.6 Å². The smallest absolute Gasteiger partial charge is 0.234 e. The number of hydrogen-bond donors (Lipinski definition) is 0. The summed E-state index contributed by atoms with van der Waals surface area (Å²) in [6.45, 7) is 3.50. The Balaban J connectivity index is 1.57. The number of aromatic nitrogens is 3. The minimum absolute atomic E-state index is 0.00718. The van der Waals surface area contributed by atoms with Gasteiger partial charge in [0.1, 0.15) is 5.82 Å². The number of fused-ring (bicyclic) bond motifs is 1. The van der Waals surface area contributed by atoms with Crippen LogP contribution in [0.3, 0.4) is 0 Å². The summed E-state index contributed by atoms with van der Waals surface area (Å²) in [6, 6.07) is 10.4. The van der Waals surface area contributed by atoms with Crippen molar-refractivity contribution in [2.75, 3.05) is 19.8 Å². The van der Waals surface area contributed by atoms with Gasteiger partial charge in [-0.2, -0.15) is 5.10 Å². The first-order chi connectivity index (χ1) is 14.6. The molecule has 5 rings (SSSR count). The summed E-state index contributed by atoms with van der Waals surface area (Å²) in [5.74, 6) is -0.329. The van der Waals surface area contributed by atoms with Gasteiger partial charge in [-0.25, -0.2) is 13.9 Å². The standard InChI is InChI=1S/C23H25FN4O2/c1-16-15-21-25-11-8-20(28(21)26-16)19-7-4-12-27(19)22(29)23(9-13-30-14-10-23)17-5-2-3-6-18(17)24/h2-3,5-6,8,11,15,19H,4,7,9-10,12-14H2,1H3/t19-/m0/s1. The van der Waals surface area contributed by atoms with Crippen LogP contribution in [0, 0.1) is 12.7 Å². The molecule has 1 atom stereocenters. The fraction of sp³-hybridized carbons (Fsp3) is 0.435. The summed E-state index contributed by atoms with van der Waals surface area (Å²) in [6.07, 6.45) is 4.51. The molecule has 0 aliphatic carbocycles. The first kappa shape index (κ1) is 19.2. The van der Waals surface area contributed by atoms with E-state index in [4.69, 9.17) is 4.74 Å². The molecule has 1 amide bonds. The number of amides is 1. The van der Waals surface area contributed by atoms with E-state index >= 15 is 0 Å². The van der Waals surface area contributed by atoms with Crippen molar-refractivity contribution in [3.8, 4) is 0 Å². The van der Waals surface area contributed by atoms with E-state index in [-0.39, 0.29) is 17.8 Å². The van der Waals surface area contributed by atoms with Crippen molar-refractivity contribution in [1.29, 1.82) is 0 Å². The van der Waals surface area contributed by atoms with Gasteiger partial charge in [0.05, 0.1) is 22.8 Å². The molecule has 0 saturated carbocycles. The molecule has 6 nitrogen and oxygen atoms in total. The van der Waals surface area contributed by atoms with Crippen LogP contribution in [-0.2, 0) is 14.9 Å². The lowest BCUT2D eigenvalue weighted by Crippen LogP contribution is -2.50. The fourth-order valence-electron chi connectivity index (χ4n) is 5.04. The van der Waals surface area contributed by atoms with Gasteiger partial charge in [-0.1, -0.05) is 18.2 Å². The second-order valence-electron chi connectivity index (χ2n) is 8.26. The third-order valence-corrected chi connectivity index (χ3v) is 6.51. The second kappa shape index (κ2) is 7.47. The Hall–Kier alpha value is -2.80. The SMILES string of the molecule is Cc1cc2nccc([C@@H]3CCCN3C(=O)C3(c4ccccc4F)CCOCC3)n2n1. The lowest BCUT2D eigenvalue weighted by Gasteiger charge is -2.41. The predicted molar refractivity (Wildman–Crippen MR) is 110 cm³/mol. The maximum Gasteiger partial charge on any atom is 0.234 e. The molecule has 156 valence electrons. The predicted octanol–water partition coefficient (Wildman–Crippen LogP) is 3.59. The molecular formula is C23H25FN4O2. The molecule has 3 aromatic rings. The molecule has 7 heteroatoms. The maximum atomic E-state index is 14.9. The van der Waals surface area contributed by atoms with E-state index in [9.17, 15) is 9.18 Å². The summed E-state index contributed by atoms with van der Waals surface area (Å²) >= 11 is 0. The Morgan fingerprint density at radius 3 is 2.83 bits per heavy atom. The lowest BCUT2D eigenvalue weighted by molar-refractivity contribution is -0.142. The summed E-state index contributed by atoms with van der Waals surface area (Å²) in [5, 5.41) is 4.59. The average Bonchev–Trinajstić information content (AvgIpc) is 3.39. The van der Waals surface area contributed by atoms with Gasteiger partial charge < -0.3 is 9.64 Å². The number of likely N-dealkylation sites (tertiary alicyclic amines) is 1. The van der Waals surface area contributed by atoms with E-state index in [0.717, 1.165) is 29.9 Å². The third kappa shape index (κ3) is 2.99. The Labute approximate surface area is 174 Å². The van der Waals surface area contributed by atoms with E-state index in [2.05, 4.69) is 10.1 Å². The largest absolute Gasteiger partial charge is 0.381 e. The van der Waals surface area contributed by atoms with Gasteiger partial charge in [0.15, 0.2) is 5.65 Å². The van der Waals surface area contributed by atoms with Crippen LogP contribution in [0.25, 0.3) is 5.65 Å². The number of halogens is 1. The quantitative estimate of drug-likeness (QED) is 0.665. The fourth-order valence-corrected chi connectivity index (χ4v) is 5.04. The molecule has 0 radical (unpaired) electrons. The van der Waals surface area contributed by atoms with Gasteiger partial charge in [0.25, 0.3) is 0 Å². The zero-order chi connectivity index (χ0) is 20.7. The van der Waals surface area contributed by atoms with Crippen LogP contribution in [0.1, 0.15) is 48.7 Å². The van der Waals surface area contributed by atoms with Crippen molar-refractivity contribution < 1.29 is 13.9 Å². The monoisotopic (exact) mass is 408 g/mol. The number of hydrogen-bond acceptors (Lipinski definition) is 4. The first-order valence-electron chi connectivity index (χ1n) is 10.6. The molecule has 4 heterocycles. The Morgan fingerprint density at radius 1 is 1.23 bits per heavy atom. The highest BCUT2D eigenvalue weighted by Gasteiger charge is 2.48. The highest BCUT2D eigenvalue weighted by molar-refractivity contribution is 5.89. The van der Waals surface area contributed by atoms with E-state index in [1.54, 1.807) is 18.3 Å². The van der Waals surface area contributed by atoms with Crippen molar-refractivity contribution in [3.05, 3.63) is 65.4 Å². The summed E-state index contributed by atoms with van der Waals surface area (Å²) < 4.78 is 22.3. The van der Waals surface area contributed by atoms with Crippen LogP contribution in [0.2, 0.25) is 0 Å². The van der Waals surface area contributed by atoms with Crippen LogP contribution in [0.15, 0.2) is 42.6 Å². The van der Waals surface area contributed by atoms with Crippen molar-refractivity contribution in [2.45, 2.75) is 44.1 Å². The Kier molecular flexibility index (Phi) is 4.77. The van der Waals surface area contributed by atoms with Crippen LogP contribution >= 0.6 is 0 Å². The van der Waals surface area contributed by atoms with E-state index in [0.29, 0.717) is 38.2 Å². The number of nitrogens with zero attached hydrogens (tertiary/aromatic N) is 4. The number of benzene rings is 1. The number of rotatable bonds is 3. The Morgan fingerprint density at radius 2 is 2.03 bits per heavy atom. The summed E-state index contributed by atoms with van der Waals surface area (Å²) in [7, 11) is 0. The molecule has 1 aromatic carbocycles. The molecular weight excluding hydrogens is 383 g/mol. The van der Waals surface area contributed by atoms with Crippen LogP contribution < -0.4 is 0 Å².